The van der Waals surface area contributed by atoms with E-state index in [1.54, 1.807) is 25.3 Å². The molecule has 1 aliphatic rings. The lowest BCUT2D eigenvalue weighted by Gasteiger charge is -2.26. The highest BCUT2D eigenvalue weighted by Crippen LogP contribution is 2.33. The van der Waals surface area contributed by atoms with Crippen molar-refractivity contribution in [2.75, 3.05) is 31.3 Å². The lowest BCUT2D eigenvalue weighted by atomic mass is 9.99. The number of nitrogens with one attached hydrogen (secondary N) is 2. The Bertz CT molecular complexity index is 1140. The van der Waals surface area contributed by atoms with Gasteiger partial charge in [-0.05, 0) is 48.9 Å². The minimum Gasteiger partial charge on any atom is -0.506 e. The first-order chi connectivity index (χ1) is 14.9. The maximum absolute atomic E-state index is 11.8. The maximum atomic E-state index is 11.8. The van der Waals surface area contributed by atoms with Crippen LogP contribution in [0.3, 0.4) is 0 Å². The van der Waals surface area contributed by atoms with E-state index in [9.17, 15) is 9.90 Å². The molecule has 10 heteroatoms. The maximum Gasteiger partial charge on any atom is 0.273 e. The van der Waals surface area contributed by atoms with Crippen LogP contribution in [-0.2, 0) is 13.0 Å². The van der Waals surface area contributed by atoms with Crippen LogP contribution >= 0.6 is 0 Å². The van der Waals surface area contributed by atoms with Crippen LogP contribution in [0.25, 0.3) is 0 Å². The van der Waals surface area contributed by atoms with Gasteiger partial charge in [0, 0.05) is 13.1 Å². The van der Waals surface area contributed by atoms with E-state index in [1.165, 1.54) is 17.2 Å². The number of hydrogen-bond acceptors (Lipinski definition) is 9. The molecular formula is C21H23N7O3. The summed E-state index contributed by atoms with van der Waals surface area (Å²) in [7, 11) is 3.68. The van der Waals surface area contributed by atoms with Crippen LogP contribution < -0.4 is 21.1 Å². The molecule has 5 N–H and O–H groups in total. The highest BCUT2D eigenvalue weighted by molar-refractivity contribution is 5.96. The fraction of sp³-hybridized carbons (Fsp3) is 0.238. The van der Waals surface area contributed by atoms with E-state index < -0.39 is 5.91 Å². The number of anilines is 4. The van der Waals surface area contributed by atoms with Crippen molar-refractivity contribution in [3.05, 3.63) is 53.2 Å². The second-order valence-electron chi connectivity index (χ2n) is 7.27. The summed E-state index contributed by atoms with van der Waals surface area (Å²) in [5, 5.41) is 23.9. The number of rotatable bonds is 6. The topological polar surface area (TPSA) is 139 Å². The van der Waals surface area contributed by atoms with Gasteiger partial charge in [-0.2, -0.15) is 4.98 Å². The zero-order chi connectivity index (χ0) is 22.0. The van der Waals surface area contributed by atoms with Crippen molar-refractivity contribution in [1.82, 2.24) is 20.1 Å². The third-order valence-corrected chi connectivity index (χ3v) is 5.05. The summed E-state index contributed by atoms with van der Waals surface area (Å²) in [6, 6.07) is 10.6. The number of carbonyl (C=O) groups excluding carboxylic acids is 1. The van der Waals surface area contributed by atoms with Crippen molar-refractivity contribution in [2.45, 2.75) is 13.0 Å². The molecule has 160 valence electrons. The monoisotopic (exact) mass is 421 g/mol. The summed E-state index contributed by atoms with van der Waals surface area (Å²) >= 11 is 0. The number of amides is 1. The van der Waals surface area contributed by atoms with Crippen molar-refractivity contribution in [3.8, 4) is 11.5 Å². The van der Waals surface area contributed by atoms with E-state index in [4.69, 9.17) is 10.5 Å². The van der Waals surface area contributed by atoms with Crippen molar-refractivity contribution in [3.63, 3.8) is 0 Å². The first-order valence-electron chi connectivity index (χ1n) is 9.69. The SMILES string of the molecule is COc1cc2c(cc1Nc1nnc(C(N)=O)c(Nc3ccccc3O)n1)CCN(C)C2. The van der Waals surface area contributed by atoms with Crippen LogP contribution in [0.4, 0.5) is 23.1 Å². The Morgan fingerprint density at radius 2 is 1.97 bits per heavy atom. The second kappa shape index (κ2) is 8.44. The first kappa shape index (κ1) is 20.4. The number of methoxy groups -OCH3 is 1. The van der Waals surface area contributed by atoms with Gasteiger partial charge in [0.15, 0.2) is 11.5 Å². The Morgan fingerprint density at radius 1 is 1.16 bits per heavy atom. The minimum atomic E-state index is -0.792. The molecule has 0 unspecified atom stereocenters. The van der Waals surface area contributed by atoms with E-state index in [0.29, 0.717) is 17.1 Å². The smallest absolute Gasteiger partial charge is 0.273 e. The number of aromatic hydroxyl groups is 1. The molecule has 1 amide bonds. The van der Waals surface area contributed by atoms with Gasteiger partial charge in [-0.1, -0.05) is 12.1 Å². The Morgan fingerprint density at radius 3 is 2.71 bits per heavy atom. The molecule has 4 rings (SSSR count). The number of aromatic nitrogens is 3. The molecule has 3 aromatic rings. The zero-order valence-corrected chi connectivity index (χ0v) is 17.2. The Kier molecular flexibility index (Phi) is 5.54. The highest BCUT2D eigenvalue weighted by atomic mass is 16.5. The molecule has 0 aliphatic carbocycles. The molecule has 0 radical (unpaired) electrons. The summed E-state index contributed by atoms with van der Waals surface area (Å²) in [6.07, 6.45) is 0.921. The van der Waals surface area contributed by atoms with Crippen LogP contribution in [0.15, 0.2) is 36.4 Å². The number of para-hydroxylation sites is 2. The highest BCUT2D eigenvalue weighted by Gasteiger charge is 2.19. The molecule has 2 aromatic carbocycles. The molecule has 0 atom stereocenters. The summed E-state index contributed by atoms with van der Waals surface area (Å²) in [4.78, 5) is 18.4. The van der Waals surface area contributed by atoms with Gasteiger partial charge in [-0.15, -0.1) is 10.2 Å². The van der Waals surface area contributed by atoms with Crippen molar-refractivity contribution < 1.29 is 14.6 Å². The van der Waals surface area contributed by atoms with Crippen LogP contribution in [0.1, 0.15) is 21.6 Å². The van der Waals surface area contributed by atoms with Crippen LogP contribution in [-0.4, -0.2) is 51.8 Å². The largest absolute Gasteiger partial charge is 0.506 e. The number of benzene rings is 2. The molecule has 1 aromatic heterocycles. The van der Waals surface area contributed by atoms with Gasteiger partial charge < -0.3 is 31.1 Å². The molecular weight excluding hydrogens is 398 g/mol. The van der Waals surface area contributed by atoms with Gasteiger partial charge in [-0.25, -0.2) is 0 Å². The number of ether oxygens (including phenoxy) is 1. The van der Waals surface area contributed by atoms with Crippen LogP contribution in [0, 0.1) is 0 Å². The molecule has 0 saturated carbocycles. The molecule has 0 saturated heterocycles. The number of carbonyl (C=O) groups is 1. The van der Waals surface area contributed by atoms with Gasteiger partial charge >= 0.3 is 0 Å². The average Bonchev–Trinajstić information content (AvgIpc) is 2.75. The Labute approximate surface area is 179 Å². The lowest BCUT2D eigenvalue weighted by molar-refractivity contribution is 0.0995. The fourth-order valence-corrected chi connectivity index (χ4v) is 3.45. The number of phenols is 1. The number of hydrogen-bond donors (Lipinski definition) is 4. The number of nitrogens with zero attached hydrogens (tertiary/aromatic N) is 4. The third-order valence-electron chi connectivity index (χ3n) is 5.05. The molecule has 2 heterocycles. The van der Waals surface area contributed by atoms with Gasteiger partial charge in [0.1, 0.15) is 11.5 Å². The summed E-state index contributed by atoms with van der Waals surface area (Å²) in [5.41, 5.74) is 8.74. The quantitative estimate of drug-likeness (QED) is 0.441. The molecule has 0 spiro atoms. The van der Waals surface area contributed by atoms with Crippen LogP contribution in [0.2, 0.25) is 0 Å². The molecule has 10 nitrogen and oxygen atoms in total. The fourth-order valence-electron chi connectivity index (χ4n) is 3.45. The lowest BCUT2D eigenvalue weighted by Crippen LogP contribution is -2.26. The van der Waals surface area contributed by atoms with Gasteiger partial charge in [-0.3, -0.25) is 4.79 Å². The zero-order valence-electron chi connectivity index (χ0n) is 17.2. The Balaban J connectivity index is 1.68. The number of nitrogens with two attached hydrogens (primary N) is 1. The van der Waals surface area contributed by atoms with Crippen molar-refractivity contribution >= 4 is 29.0 Å². The first-order valence-corrected chi connectivity index (χ1v) is 9.69. The number of fused-ring (bicyclic) bond motifs is 1. The van der Waals surface area contributed by atoms with Crippen LogP contribution in [0.5, 0.6) is 11.5 Å². The number of phenolic OH excluding ortho intramolecular Hbond substituents is 1. The number of primary amides is 1. The van der Waals surface area contributed by atoms with E-state index in [1.807, 2.05) is 12.1 Å². The molecule has 0 bridgehead atoms. The third kappa shape index (κ3) is 4.33. The van der Waals surface area contributed by atoms with Crippen molar-refractivity contribution in [2.24, 2.45) is 5.73 Å². The standard InChI is InChI=1S/C21H23N7O3/c1-28-8-7-12-9-15(17(31-2)10-13(12)11-28)24-21-25-20(18(19(22)30)26-27-21)23-14-5-3-4-6-16(14)29/h3-6,9-10,29H,7-8,11H2,1-2H3,(H2,22,30)(H2,23,24,25,27). The normalized spacial score (nSPS) is 13.4. The average molecular weight is 421 g/mol. The summed E-state index contributed by atoms with van der Waals surface area (Å²) in [6.45, 7) is 1.82. The number of likely N-dealkylation sites (N-methyl/N-ethyl adjacent to an activating group) is 1. The predicted octanol–water partition coefficient (Wildman–Crippen LogP) is 2.16. The van der Waals surface area contributed by atoms with E-state index in [2.05, 4.69) is 37.8 Å². The van der Waals surface area contributed by atoms with Crippen molar-refractivity contribution in [1.29, 1.82) is 0 Å². The molecule has 31 heavy (non-hydrogen) atoms. The van der Waals surface area contributed by atoms with E-state index in [0.717, 1.165) is 19.5 Å². The summed E-state index contributed by atoms with van der Waals surface area (Å²) in [5.74, 6) is 0.0679. The van der Waals surface area contributed by atoms with Gasteiger partial charge in [0.2, 0.25) is 5.95 Å². The van der Waals surface area contributed by atoms with Gasteiger partial charge in [0.25, 0.3) is 5.91 Å². The molecule has 0 fully saturated rings. The second-order valence-corrected chi connectivity index (χ2v) is 7.27. The minimum absolute atomic E-state index is 0.00707. The Hall–Kier alpha value is -3.92. The van der Waals surface area contributed by atoms with E-state index >= 15 is 0 Å². The van der Waals surface area contributed by atoms with E-state index in [-0.39, 0.29) is 23.2 Å². The summed E-state index contributed by atoms with van der Waals surface area (Å²) < 4.78 is 5.54. The predicted molar refractivity (Wildman–Crippen MR) is 116 cm³/mol. The van der Waals surface area contributed by atoms with Gasteiger partial charge in [0.05, 0.1) is 18.5 Å². The molecule has 1 aliphatic heterocycles.